The second kappa shape index (κ2) is 7.85. The molecule has 1 aromatic carbocycles. The number of rotatable bonds is 6. The van der Waals surface area contributed by atoms with Gasteiger partial charge < -0.3 is 10.6 Å². The molecule has 2 amide bonds. The average Bonchev–Trinajstić information content (AvgIpc) is 3.44. The molecule has 0 radical (unpaired) electrons. The number of aromatic nitrogens is 2. The molecule has 3 rings (SSSR count). The van der Waals surface area contributed by atoms with Gasteiger partial charge in [0, 0.05) is 40.6 Å². The molecule has 0 spiro atoms. The van der Waals surface area contributed by atoms with E-state index in [0.717, 1.165) is 18.4 Å². The molecular weight excluding hydrogens is 375 g/mol. The van der Waals surface area contributed by atoms with Crippen molar-refractivity contribution in [3.8, 4) is 11.4 Å². The Balaban J connectivity index is 2.07. The minimum absolute atomic E-state index is 0.0525. The van der Waals surface area contributed by atoms with Crippen molar-refractivity contribution in [2.75, 3.05) is 0 Å². The molecule has 1 saturated carbocycles. The molecule has 1 fully saturated rings. The van der Waals surface area contributed by atoms with Gasteiger partial charge in [0.25, 0.3) is 0 Å². The minimum Gasteiger partial charge on any atom is -0.368 e. The first-order valence-corrected chi connectivity index (χ1v) is 8.79. The highest BCUT2D eigenvalue weighted by Gasteiger charge is 2.40. The predicted octanol–water partition coefficient (Wildman–Crippen LogP) is 3.07. The predicted molar refractivity (Wildman–Crippen MR) is 99.3 cm³/mol. The Hall–Kier alpha value is -2.44. The number of hydrogen-bond donors (Lipinski definition) is 1. The van der Waals surface area contributed by atoms with E-state index in [0.29, 0.717) is 22.0 Å². The maximum Gasteiger partial charge on any atom is 0.248 e. The highest BCUT2D eigenvalue weighted by molar-refractivity contribution is 6.31. The lowest BCUT2D eigenvalue weighted by Gasteiger charge is -2.29. The summed E-state index contributed by atoms with van der Waals surface area (Å²) in [6.07, 6.45) is 6.04. The number of amides is 2. The quantitative estimate of drug-likeness (QED) is 0.767. The van der Waals surface area contributed by atoms with E-state index >= 15 is 0 Å². The SMILES string of the molecule is NC(=O)C(c1cc(Cl)cc(-c2ncccn2)c1)N(C(=O)C=CCl)C1CC1. The summed E-state index contributed by atoms with van der Waals surface area (Å²) in [4.78, 5) is 34.6. The van der Waals surface area contributed by atoms with E-state index in [1.54, 1.807) is 36.7 Å². The van der Waals surface area contributed by atoms with Crippen LogP contribution in [0.5, 0.6) is 0 Å². The van der Waals surface area contributed by atoms with E-state index in [9.17, 15) is 9.59 Å². The fourth-order valence-corrected chi connectivity index (χ4v) is 3.17. The van der Waals surface area contributed by atoms with Crippen LogP contribution in [0.25, 0.3) is 11.4 Å². The van der Waals surface area contributed by atoms with Crippen molar-refractivity contribution >= 4 is 35.0 Å². The lowest BCUT2D eigenvalue weighted by molar-refractivity contribution is -0.136. The summed E-state index contributed by atoms with van der Waals surface area (Å²) in [5.74, 6) is -0.552. The molecule has 0 saturated heterocycles. The number of benzene rings is 1. The van der Waals surface area contributed by atoms with Gasteiger partial charge in [0.15, 0.2) is 5.82 Å². The minimum atomic E-state index is -0.955. The number of nitrogens with two attached hydrogens (primary N) is 1. The largest absolute Gasteiger partial charge is 0.368 e. The molecule has 1 aromatic heterocycles. The highest BCUT2D eigenvalue weighted by Crippen LogP contribution is 2.36. The van der Waals surface area contributed by atoms with Crippen LogP contribution < -0.4 is 5.73 Å². The number of nitrogens with zero attached hydrogens (tertiary/aromatic N) is 3. The molecule has 1 unspecified atom stereocenters. The van der Waals surface area contributed by atoms with Crippen LogP contribution in [0.3, 0.4) is 0 Å². The maximum atomic E-state index is 12.5. The molecule has 26 heavy (non-hydrogen) atoms. The van der Waals surface area contributed by atoms with Crippen LogP contribution >= 0.6 is 23.2 Å². The van der Waals surface area contributed by atoms with E-state index in [1.165, 1.54) is 11.0 Å². The molecule has 1 aliphatic rings. The fraction of sp³-hybridized carbons (Fsp3) is 0.222. The van der Waals surface area contributed by atoms with Crippen molar-refractivity contribution in [2.24, 2.45) is 5.73 Å². The molecule has 0 aliphatic heterocycles. The van der Waals surface area contributed by atoms with E-state index < -0.39 is 11.9 Å². The van der Waals surface area contributed by atoms with E-state index in [2.05, 4.69) is 9.97 Å². The summed E-state index contributed by atoms with van der Waals surface area (Å²) in [7, 11) is 0. The van der Waals surface area contributed by atoms with Crippen molar-refractivity contribution in [3.05, 3.63) is 58.9 Å². The first kappa shape index (κ1) is 18.4. The Labute approximate surface area is 160 Å². The van der Waals surface area contributed by atoms with Crippen LogP contribution in [0, 0.1) is 0 Å². The monoisotopic (exact) mass is 390 g/mol. The van der Waals surface area contributed by atoms with Gasteiger partial charge in [0.2, 0.25) is 11.8 Å². The molecule has 134 valence electrons. The third kappa shape index (κ3) is 4.03. The first-order valence-electron chi connectivity index (χ1n) is 7.97. The summed E-state index contributed by atoms with van der Waals surface area (Å²) in [6.45, 7) is 0. The van der Waals surface area contributed by atoms with Crippen LogP contribution in [0.2, 0.25) is 5.02 Å². The van der Waals surface area contributed by atoms with Gasteiger partial charge in [-0.1, -0.05) is 23.2 Å². The molecule has 1 aliphatic carbocycles. The zero-order chi connectivity index (χ0) is 18.7. The van der Waals surface area contributed by atoms with Crippen molar-refractivity contribution in [2.45, 2.75) is 24.9 Å². The van der Waals surface area contributed by atoms with E-state index in [-0.39, 0.29) is 11.9 Å². The number of primary amides is 1. The lowest BCUT2D eigenvalue weighted by Crippen LogP contribution is -2.42. The molecule has 1 heterocycles. The lowest BCUT2D eigenvalue weighted by atomic mass is 10.0. The van der Waals surface area contributed by atoms with Gasteiger partial charge >= 0.3 is 0 Å². The highest BCUT2D eigenvalue weighted by atomic mass is 35.5. The van der Waals surface area contributed by atoms with Crippen LogP contribution in [-0.4, -0.2) is 32.7 Å². The molecule has 0 bridgehead atoms. The summed E-state index contributed by atoms with van der Waals surface area (Å²) in [5.41, 5.74) is 7.91. The van der Waals surface area contributed by atoms with Crippen LogP contribution in [0.4, 0.5) is 0 Å². The number of hydrogen-bond acceptors (Lipinski definition) is 4. The second-order valence-electron chi connectivity index (χ2n) is 5.92. The molecule has 2 N–H and O–H groups in total. The van der Waals surface area contributed by atoms with Crippen LogP contribution in [0.15, 0.2) is 48.3 Å². The van der Waals surface area contributed by atoms with Gasteiger partial charge in [-0.25, -0.2) is 9.97 Å². The Bertz CT molecular complexity index is 854. The Kier molecular flexibility index (Phi) is 5.54. The van der Waals surface area contributed by atoms with Crippen molar-refractivity contribution in [3.63, 3.8) is 0 Å². The Morgan fingerprint density at radius 3 is 2.50 bits per heavy atom. The zero-order valence-corrected chi connectivity index (χ0v) is 15.2. The average molecular weight is 391 g/mol. The van der Waals surface area contributed by atoms with E-state index in [4.69, 9.17) is 28.9 Å². The standard InChI is InChI=1S/C18H16Cl2N4O2/c19-5-4-15(25)24(14-2-3-14)16(17(21)26)11-8-12(10-13(20)9-11)18-22-6-1-7-23-18/h1,4-10,14,16H,2-3H2,(H2,21,26). The normalized spacial score (nSPS) is 15.0. The molecule has 6 nitrogen and oxygen atoms in total. The smallest absolute Gasteiger partial charge is 0.248 e. The Morgan fingerprint density at radius 2 is 1.92 bits per heavy atom. The Morgan fingerprint density at radius 1 is 1.23 bits per heavy atom. The molecule has 8 heteroatoms. The van der Waals surface area contributed by atoms with Gasteiger partial charge in [0.05, 0.1) is 0 Å². The maximum absolute atomic E-state index is 12.5. The first-order chi connectivity index (χ1) is 12.5. The van der Waals surface area contributed by atoms with Gasteiger partial charge in [-0.15, -0.1) is 0 Å². The summed E-state index contributed by atoms with van der Waals surface area (Å²) in [5, 5.41) is 0.396. The fourth-order valence-electron chi connectivity index (χ4n) is 2.82. The van der Waals surface area contributed by atoms with Gasteiger partial charge in [-0.3, -0.25) is 9.59 Å². The molecule has 1 atom stereocenters. The molecule has 2 aromatic rings. The third-order valence-electron chi connectivity index (χ3n) is 4.01. The van der Waals surface area contributed by atoms with Gasteiger partial charge in [0.1, 0.15) is 6.04 Å². The van der Waals surface area contributed by atoms with Crippen LogP contribution in [-0.2, 0) is 9.59 Å². The van der Waals surface area contributed by atoms with Crippen LogP contribution in [0.1, 0.15) is 24.4 Å². The van der Waals surface area contributed by atoms with Crippen molar-refractivity contribution < 1.29 is 9.59 Å². The van der Waals surface area contributed by atoms with E-state index in [1.807, 2.05) is 0 Å². The van der Waals surface area contributed by atoms with Crippen molar-refractivity contribution in [1.29, 1.82) is 0 Å². The van der Waals surface area contributed by atoms with Gasteiger partial charge in [-0.05, 0) is 42.7 Å². The number of halogens is 2. The zero-order valence-electron chi connectivity index (χ0n) is 13.7. The number of carbonyl (C=O) groups excluding carboxylic acids is 2. The summed E-state index contributed by atoms with van der Waals surface area (Å²) >= 11 is 11.8. The molecular formula is C18H16Cl2N4O2. The topological polar surface area (TPSA) is 89.2 Å². The second-order valence-corrected chi connectivity index (χ2v) is 6.61. The number of carbonyl (C=O) groups is 2. The van der Waals surface area contributed by atoms with Crippen molar-refractivity contribution in [1.82, 2.24) is 14.9 Å². The summed E-state index contributed by atoms with van der Waals surface area (Å²) in [6, 6.07) is 5.74. The van der Waals surface area contributed by atoms with Gasteiger partial charge in [-0.2, -0.15) is 0 Å². The third-order valence-corrected chi connectivity index (χ3v) is 4.35. The summed E-state index contributed by atoms with van der Waals surface area (Å²) < 4.78 is 0.